The standard InChI is InChI=1S/C15H15F4N5/c16-10-1-3-11(4-2-10)21-13-9-12(15(17,18)19)22-14(23-13)24-7-5-20-6-8-24/h1-4,9,20H,5-8H2,(H,21,22,23). The van der Waals surface area contributed by atoms with Gasteiger partial charge < -0.3 is 15.5 Å². The number of benzene rings is 1. The number of hydrogen-bond acceptors (Lipinski definition) is 5. The van der Waals surface area contributed by atoms with Crippen LogP contribution in [0.2, 0.25) is 0 Å². The third-order valence-corrected chi connectivity index (χ3v) is 3.52. The van der Waals surface area contributed by atoms with Crippen molar-refractivity contribution in [1.82, 2.24) is 15.3 Å². The van der Waals surface area contributed by atoms with E-state index in [4.69, 9.17) is 0 Å². The molecule has 0 unspecified atom stereocenters. The van der Waals surface area contributed by atoms with Crippen molar-refractivity contribution in [1.29, 1.82) is 0 Å². The molecular weight excluding hydrogens is 326 g/mol. The molecule has 24 heavy (non-hydrogen) atoms. The van der Waals surface area contributed by atoms with Gasteiger partial charge in [-0.3, -0.25) is 0 Å². The van der Waals surface area contributed by atoms with Gasteiger partial charge in [-0.2, -0.15) is 18.2 Å². The Morgan fingerprint density at radius 3 is 2.33 bits per heavy atom. The molecule has 2 heterocycles. The molecule has 0 bridgehead atoms. The first-order valence-electron chi connectivity index (χ1n) is 7.36. The number of nitrogens with zero attached hydrogens (tertiary/aromatic N) is 3. The van der Waals surface area contributed by atoms with Crippen LogP contribution in [0.1, 0.15) is 5.69 Å². The molecule has 0 amide bonds. The van der Waals surface area contributed by atoms with Crippen molar-refractivity contribution in [3.05, 3.63) is 41.8 Å². The fourth-order valence-corrected chi connectivity index (χ4v) is 2.33. The molecule has 0 aliphatic carbocycles. The Labute approximate surface area is 135 Å². The summed E-state index contributed by atoms with van der Waals surface area (Å²) in [5.74, 6) is -0.394. The number of piperazine rings is 1. The quantitative estimate of drug-likeness (QED) is 0.841. The highest BCUT2D eigenvalue weighted by atomic mass is 19.4. The summed E-state index contributed by atoms with van der Waals surface area (Å²) in [4.78, 5) is 9.51. The average Bonchev–Trinajstić information content (AvgIpc) is 2.57. The number of halogens is 4. The zero-order valence-corrected chi connectivity index (χ0v) is 12.6. The number of aromatic nitrogens is 2. The second-order valence-electron chi connectivity index (χ2n) is 5.31. The Morgan fingerprint density at radius 1 is 1.04 bits per heavy atom. The predicted molar refractivity (Wildman–Crippen MR) is 81.8 cm³/mol. The van der Waals surface area contributed by atoms with Gasteiger partial charge in [-0.15, -0.1) is 0 Å². The van der Waals surface area contributed by atoms with E-state index in [9.17, 15) is 17.6 Å². The van der Waals surface area contributed by atoms with Crippen LogP contribution in [0.4, 0.5) is 35.0 Å². The van der Waals surface area contributed by atoms with E-state index in [0.29, 0.717) is 31.9 Å². The maximum Gasteiger partial charge on any atom is 0.433 e. The molecule has 1 aromatic carbocycles. The highest BCUT2D eigenvalue weighted by Crippen LogP contribution is 2.31. The van der Waals surface area contributed by atoms with Crippen molar-refractivity contribution < 1.29 is 17.6 Å². The Morgan fingerprint density at radius 2 is 1.71 bits per heavy atom. The molecule has 1 aliphatic heterocycles. The second-order valence-corrected chi connectivity index (χ2v) is 5.31. The van der Waals surface area contributed by atoms with Crippen LogP contribution < -0.4 is 15.5 Å². The highest BCUT2D eigenvalue weighted by molar-refractivity contribution is 5.58. The van der Waals surface area contributed by atoms with Gasteiger partial charge in [0.1, 0.15) is 11.6 Å². The van der Waals surface area contributed by atoms with E-state index in [-0.39, 0.29) is 11.8 Å². The van der Waals surface area contributed by atoms with E-state index < -0.39 is 17.7 Å². The third kappa shape index (κ3) is 3.91. The van der Waals surface area contributed by atoms with Gasteiger partial charge in [-0.25, -0.2) is 9.37 Å². The minimum absolute atomic E-state index is 0.0115. The molecule has 1 saturated heterocycles. The minimum Gasteiger partial charge on any atom is -0.340 e. The van der Waals surface area contributed by atoms with Crippen molar-refractivity contribution in [3.63, 3.8) is 0 Å². The summed E-state index contributed by atoms with van der Waals surface area (Å²) >= 11 is 0. The predicted octanol–water partition coefficient (Wildman–Crippen LogP) is 2.79. The summed E-state index contributed by atoms with van der Waals surface area (Å²) in [6.45, 7) is 2.36. The molecule has 9 heteroatoms. The Bertz CT molecular complexity index is 696. The zero-order chi connectivity index (χ0) is 17.2. The smallest absolute Gasteiger partial charge is 0.340 e. The largest absolute Gasteiger partial charge is 0.433 e. The van der Waals surface area contributed by atoms with Crippen molar-refractivity contribution in [3.8, 4) is 0 Å². The molecule has 0 saturated carbocycles. The van der Waals surface area contributed by atoms with Gasteiger partial charge in [-0.05, 0) is 24.3 Å². The van der Waals surface area contributed by atoms with Crippen LogP contribution in [0, 0.1) is 5.82 Å². The molecule has 1 fully saturated rings. The van der Waals surface area contributed by atoms with Crippen LogP contribution >= 0.6 is 0 Å². The summed E-state index contributed by atoms with van der Waals surface area (Å²) in [5.41, 5.74) is -0.579. The van der Waals surface area contributed by atoms with E-state index >= 15 is 0 Å². The van der Waals surface area contributed by atoms with Crippen LogP contribution in [0.3, 0.4) is 0 Å². The van der Waals surface area contributed by atoms with Crippen molar-refractivity contribution in [2.45, 2.75) is 6.18 Å². The van der Waals surface area contributed by atoms with Gasteiger partial charge >= 0.3 is 6.18 Å². The molecule has 0 atom stereocenters. The number of hydrogen-bond donors (Lipinski definition) is 2. The van der Waals surface area contributed by atoms with Gasteiger partial charge in [0.15, 0.2) is 5.69 Å². The fraction of sp³-hybridized carbons (Fsp3) is 0.333. The SMILES string of the molecule is Fc1ccc(Nc2cc(C(F)(F)F)nc(N3CCNCC3)n2)cc1. The van der Waals surface area contributed by atoms with E-state index in [1.807, 2.05) is 0 Å². The van der Waals surface area contributed by atoms with Crippen LogP contribution in [-0.2, 0) is 6.18 Å². The minimum atomic E-state index is -4.58. The van der Waals surface area contributed by atoms with E-state index in [1.54, 1.807) is 4.90 Å². The van der Waals surface area contributed by atoms with Crippen LogP contribution in [-0.4, -0.2) is 36.1 Å². The number of rotatable bonds is 3. The molecule has 0 spiro atoms. The van der Waals surface area contributed by atoms with Gasteiger partial charge in [0.25, 0.3) is 0 Å². The maximum absolute atomic E-state index is 13.1. The third-order valence-electron chi connectivity index (χ3n) is 3.52. The molecular formula is C15H15F4N5. The van der Waals surface area contributed by atoms with Gasteiger partial charge in [0, 0.05) is 37.9 Å². The topological polar surface area (TPSA) is 53.1 Å². The number of anilines is 3. The molecule has 1 aromatic heterocycles. The molecule has 2 aromatic rings. The van der Waals surface area contributed by atoms with Crippen LogP contribution in [0.15, 0.2) is 30.3 Å². The Hall–Kier alpha value is -2.42. The summed E-state index contributed by atoms with van der Waals surface area (Å²) in [6.07, 6.45) is -4.58. The summed E-state index contributed by atoms with van der Waals surface area (Å²) in [6, 6.07) is 6.12. The second kappa shape index (κ2) is 6.60. The zero-order valence-electron chi connectivity index (χ0n) is 12.6. The molecule has 3 rings (SSSR count). The maximum atomic E-state index is 13.1. The molecule has 128 valence electrons. The van der Waals surface area contributed by atoms with E-state index in [2.05, 4.69) is 20.6 Å². The average molecular weight is 341 g/mol. The van der Waals surface area contributed by atoms with Gasteiger partial charge in [0.05, 0.1) is 0 Å². The summed E-state index contributed by atoms with van der Waals surface area (Å²) < 4.78 is 52.3. The Balaban J connectivity index is 1.93. The lowest BCUT2D eigenvalue weighted by Gasteiger charge is -2.28. The van der Waals surface area contributed by atoms with Gasteiger partial charge in [0.2, 0.25) is 5.95 Å². The van der Waals surface area contributed by atoms with Gasteiger partial charge in [-0.1, -0.05) is 0 Å². The lowest BCUT2D eigenvalue weighted by Crippen LogP contribution is -2.44. The first-order chi connectivity index (χ1) is 11.4. The fourth-order valence-electron chi connectivity index (χ4n) is 2.33. The molecule has 5 nitrogen and oxygen atoms in total. The highest BCUT2D eigenvalue weighted by Gasteiger charge is 2.34. The Kier molecular flexibility index (Phi) is 4.52. The summed E-state index contributed by atoms with van der Waals surface area (Å²) in [7, 11) is 0. The van der Waals surface area contributed by atoms with Crippen molar-refractivity contribution in [2.24, 2.45) is 0 Å². The first-order valence-corrected chi connectivity index (χ1v) is 7.36. The molecule has 2 N–H and O–H groups in total. The summed E-state index contributed by atoms with van der Waals surface area (Å²) in [5, 5.41) is 5.88. The first kappa shape index (κ1) is 16.4. The molecule has 1 aliphatic rings. The number of nitrogens with one attached hydrogen (secondary N) is 2. The van der Waals surface area contributed by atoms with Crippen molar-refractivity contribution >= 4 is 17.5 Å². The van der Waals surface area contributed by atoms with E-state index in [1.165, 1.54) is 24.3 Å². The normalized spacial score (nSPS) is 15.4. The lowest BCUT2D eigenvalue weighted by atomic mass is 10.3. The van der Waals surface area contributed by atoms with E-state index in [0.717, 1.165) is 6.07 Å². The monoisotopic (exact) mass is 341 g/mol. The number of alkyl halides is 3. The lowest BCUT2D eigenvalue weighted by molar-refractivity contribution is -0.141. The van der Waals surface area contributed by atoms with Crippen LogP contribution in [0.25, 0.3) is 0 Å². The van der Waals surface area contributed by atoms with Crippen LogP contribution in [0.5, 0.6) is 0 Å². The molecule has 0 radical (unpaired) electrons. The van der Waals surface area contributed by atoms with Crippen molar-refractivity contribution in [2.75, 3.05) is 36.4 Å².